The van der Waals surface area contributed by atoms with Gasteiger partial charge in [0.1, 0.15) is 0 Å². The lowest BCUT2D eigenvalue weighted by Gasteiger charge is -2.25. The van der Waals surface area contributed by atoms with Crippen LogP contribution in [0.2, 0.25) is 0 Å². The minimum Gasteiger partial charge on any atom is -0.476 e. The number of carbonyl (C=O) groups is 1. The summed E-state index contributed by atoms with van der Waals surface area (Å²) in [6.07, 6.45) is 2.85. The van der Waals surface area contributed by atoms with Crippen LogP contribution >= 0.6 is 0 Å². The number of carboxylic acid groups (broad SMARTS) is 1. The van der Waals surface area contributed by atoms with Gasteiger partial charge >= 0.3 is 5.97 Å². The van der Waals surface area contributed by atoms with Gasteiger partial charge in [-0.1, -0.05) is 0 Å². The number of nitrogens with zero attached hydrogens (tertiary/aromatic N) is 3. The molecule has 1 saturated heterocycles. The molecule has 1 aliphatic rings. The van der Waals surface area contributed by atoms with Crippen LogP contribution in [0.25, 0.3) is 0 Å². The van der Waals surface area contributed by atoms with Crippen LogP contribution in [0.15, 0.2) is 12.4 Å². The molecule has 1 aromatic rings. The molecule has 0 atom stereocenters. The Labute approximate surface area is 92.9 Å². The van der Waals surface area contributed by atoms with Gasteiger partial charge in [0, 0.05) is 25.8 Å². The van der Waals surface area contributed by atoms with Gasteiger partial charge in [0.2, 0.25) is 0 Å². The van der Waals surface area contributed by atoms with Crippen LogP contribution in [0.3, 0.4) is 0 Å². The van der Waals surface area contributed by atoms with Gasteiger partial charge in [-0.2, -0.15) is 0 Å². The van der Waals surface area contributed by atoms with Crippen molar-refractivity contribution < 1.29 is 14.6 Å². The van der Waals surface area contributed by atoms with Crippen molar-refractivity contribution in [2.45, 2.75) is 6.54 Å². The number of ether oxygens (including phenoxy) is 1. The molecular weight excluding hydrogens is 210 g/mol. The normalized spacial score (nSPS) is 17.2. The van der Waals surface area contributed by atoms with Crippen molar-refractivity contribution in [1.82, 2.24) is 14.9 Å². The Bertz CT molecular complexity index is 377. The Hall–Kier alpha value is -1.53. The first-order valence-corrected chi connectivity index (χ1v) is 5.10. The summed E-state index contributed by atoms with van der Waals surface area (Å²) in [5.41, 5.74) is 0.674. The van der Waals surface area contributed by atoms with E-state index in [0.717, 1.165) is 13.1 Å². The van der Waals surface area contributed by atoms with Crippen LogP contribution in [0.4, 0.5) is 0 Å². The molecule has 2 heterocycles. The zero-order valence-electron chi connectivity index (χ0n) is 8.80. The number of carboxylic acids is 1. The molecule has 1 aromatic heterocycles. The lowest BCUT2D eigenvalue weighted by molar-refractivity contribution is 0.0335. The molecule has 0 spiro atoms. The Morgan fingerprint density at radius 1 is 1.44 bits per heavy atom. The summed E-state index contributed by atoms with van der Waals surface area (Å²) in [5.74, 6) is -1.05. The van der Waals surface area contributed by atoms with E-state index in [1.54, 1.807) is 6.20 Å². The van der Waals surface area contributed by atoms with Gasteiger partial charge in [0.15, 0.2) is 5.69 Å². The van der Waals surface area contributed by atoms with Crippen LogP contribution < -0.4 is 0 Å². The zero-order valence-corrected chi connectivity index (χ0v) is 8.80. The number of morpholine rings is 1. The van der Waals surface area contributed by atoms with E-state index in [1.807, 2.05) is 0 Å². The summed E-state index contributed by atoms with van der Waals surface area (Å²) in [6.45, 7) is 3.74. The van der Waals surface area contributed by atoms with Gasteiger partial charge in [-0.05, 0) is 0 Å². The van der Waals surface area contributed by atoms with Crippen LogP contribution in [-0.4, -0.2) is 52.2 Å². The van der Waals surface area contributed by atoms with E-state index in [9.17, 15) is 4.79 Å². The molecule has 0 bridgehead atoms. The fourth-order valence-corrected chi connectivity index (χ4v) is 1.57. The molecule has 0 aliphatic carbocycles. The van der Waals surface area contributed by atoms with Crippen molar-refractivity contribution in [3.05, 3.63) is 23.8 Å². The molecule has 0 saturated carbocycles. The van der Waals surface area contributed by atoms with Crippen LogP contribution in [0, 0.1) is 0 Å². The van der Waals surface area contributed by atoms with Crippen LogP contribution in [0.5, 0.6) is 0 Å². The van der Waals surface area contributed by atoms with Crippen LogP contribution in [-0.2, 0) is 11.3 Å². The van der Waals surface area contributed by atoms with E-state index >= 15 is 0 Å². The molecule has 86 valence electrons. The molecule has 0 radical (unpaired) electrons. The van der Waals surface area contributed by atoms with E-state index in [0.29, 0.717) is 25.5 Å². The Kier molecular flexibility index (Phi) is 3.43. The molecule has 6 heteroatoms. The molecule has 6 nitrogen and oxygen atoms in total. The first kappa shape index (κ1) is 11.0. The van der Waals surface area contributed by atoms with Crippen molar-refractivity contribution in [3.63, 3.8) is 0 Å². The fraction of sp³-hybridized carbons (Fsp3) is 0.500. The lowest BCUT2D eigenvalue weighted by atomic mass is 10.3. The SMILES string of the molecule is O=C(O)c1cncc(CN2CCOCC2)n1. The Balaban J connectivity index is 2.02. The highest BCUT2D eigenvalue weighted by Gasteiger charge is 2.13. The lowest BCUT2D eigenvalue weighted by Crippen LogP contribution is -2.36. The van der Waals surface area contributed by atoms with Gasteiger partial charge in [0.05, 0.1) is 25.1 Å². The molecule has 0 aromatic carbocycles. The van der Waals surface area contributed by atoms with Gasteiger partial charge in [-0.15, -0.1) is 0 Å². The summed E-state index contributed by atoms with van der Waals surface area (Å²) < 4.78 is 5.23. The second-order valence-corrected chi connectivity index (χ2v) is 3.59. The van der Waals surface area contributed by atoms with Gasteiger partial charge in [0.25, 0.3) is 0 Å². The van der Waals surface area contributed by atoms with E-state index < -0.39 is 5.97 Å². The molecule has 1 fully saturated rings. The Morgan fingerprint density at radius 2 is 2.19 bits per heavy atom. The summed E-state index contributed by atoms with van der Waals surface area (Å²) in [6, 6.07) is 0. The molecule has 0 amide bonds. The molecule has 16 heavy (non-hydrogen) atoms. The standard InChI is InChI=1S/C10H13N3O3/c14-10(15)9-6-11-5-8(12-9)7-13-1-3-16-4-2-13/h5-6H,1-4,7H2,(H,14,15). The van der Waals surface area contributed by atoms with E-state index in [-0.39, 0.29) is 5.69 Å². The van der Waals surface area contributed by atoms with E-state index in [2.05, 4.69) is 14.9 Å². The van der Waals surface area contributed by atoms with Crippen molar-refractivity contribution in [2.24, 2.45) is 0 Å². The molecule has 0 unspecified atom stereocenters. The van der Waals surface area contributed by atoms with Crippen molar-refractivity contribution in [2.75, 3.05) is 26.3 Å². The minimum atomic E-state index is -1.05. The molecule has 1 N–H and O–H groups in total. The number of hydrogen-bond acceptors (Lipinski definition) is 5. The third-order valence-corrected chi connectivity index (χ3v) is 2.39. The highest BCUT2D eigenvalue weighted by atomic mass is 16.5. The summed E-state index contributed by atoms with van der Waals surface area (Å²) in [4.78, 5) is 20.8. The maximum atomic E-state index is 10.7. The maximum Gasteiger partial charge on any atom is 0.356 e. The Morgan fingerprint density at radius 3 is 2.88 bits per heavy atom. The summed E-state index contributed by atoms with van der Waals surface area (Å²) in [5, 5.41) is 8.78. The molecule has 1 aliphatic heterocycles. The third kappa shape index (κ3) is 2.74. The second-order valence-electron chi connectivity index (χ2n) is 3.59. The average molecular weight is 223 g/mol. The van der Waals surface area contributed by atoms with E-state index in [4.69, 9.17) is 9.84 Å². The van der Waals surface area contributed by atoms with E-state index in [1.165, 1.54) is 6.20 Å². The van der Waals surface area contributed by atoms with Crippen molar-refractivity contribution in [3.8, 4) is 0 Å². The first-order valence-electron chi connectivity index (χ1n) is 5.10. The zero-order chi connectivity index (χ0) is 11.4. The number of rotatable bonds is 3. The minimum absolute atomic E-state index is 0.00856. The second kappa shape index (κ2) is 5.00. The van der Waals surface area contributed by atoms with Gasteiger partial charge in [-0.25, -0.2) is 9.78 Å². The summed E-state index contributed by atoms with van der Waals surface area (Å²) >= 11 is 0. The number of hydrogen-bond donors (Lipinski definition) is 1. The predicted molar refractivity (Wildman–Crippen MR) is 55.1 cm³/mol. The largest absolute Gasteiger partial charge is 0.476 e. The maximum absolute atomic E-state index is 10.7. The highest BCUT2D eigenvalue weighted by Crippen LogP contribution is 2.04. The van der Waals surface area contributed by atoms with Crippen molar-refractivity contribution >= 4 is 5.97 Å². The number of aromatic nitrogens is 2. The fourth-order valence-electron chi connectivity index (χ4n) is 1.57. The molecule has 2 rings (SSSR count). The predicted octanol–water partition coefficient (Wildman–Crippen LogP) is 0.00700. The van der Waals surface area contributed by atoms with Gasteiger partial charge < -0.3 is 9.84 Å². The molecular formula is C10H13N3O3. The highest BCUT2D eigenvalue weighted by molar-refractivity contribution is 5.84. The average Bonchev–Trinajstić information content (AvgIpc) is 2.30. The quantitative estimate of drug-likeness (QED) is 0.777. The van der Waals surface area contributed by atoms with Crippen LogP contribution in [0.1, 0.15) is 16.2 Å². The topological polar surface area (TPSA) is 75.5 Å². The summed E-state index contributed by atoms with van der Waals surface area (Å²) in [7, 11) is 0. The number of aromatic carboxylic acids is 1. The monoisotopic (exact) mass is 223 g/mol. The smallest absolute Gasteiger partial charge is 0.356 e. The van der Waals surface area contributed by atoms with Gasteiger partial charge in [-0.3, -0.25) is 9.88 Å². The first-order chi connectivity index (χ1) is 7.75. The van der Waals surface area contributed by atoms with Crippen molar-refractivity contribution in [1.29, 1.82) is 0 Å². The third-order valence-electron chi connectivity index (χ3n) is 2.39.